The number of amides is 1. The van der Waals surface area contributed by atoms with Gasteiger partial charge in [-0.15, -0.1) is 11.8 Å². The smallest absolute Gasteiger partial charge is 0.230 e. The molecular weight excluding hydrogens is 262 g/mol. The van der Waals surface area contributed by atoms with Crippen LogP contribution >= 0.6 is 11.8 Å². The Morgan fingerprint density at radius 3 is 2.68 bits per heavy atom. The van der Waals surface area contributed by atoms with Crippen molar-refractivity contribution in [2.45, 2.75) is 12.5 Å². The van der Waals surface area contributed by atoms with Crippen LogP contribution in [0, 0.1) is 0 Å². The molecule has 0 spiro atoms. The zero-order valence-electron chi connectivity index (χ0n) is 11.4. The van der Waals surface area contributed by atoms with Gasteiger partial charge in [0.05, 0.1) is 24.5 Å². The summed E-state index contributed by atoms with van der Waals surface area (Å²) in [5, 5.41) is 12.4. The number of hydrogen-bond acceptors (Lipinski definition) is 4. The highest BCUT2D eigenvalue weighted by atomic mass is 32.2. The molecule has 1 aromatic rings. The topological polar surface area (TPSA) is 58.6 Å². The largest absolute Gasteiger partial charge is 0.394 e. The molecule has 0 aromatic heterocycles. The minimum absolute atomic E-state index is 0.0819. The Labute approximate surface area is 118 Å². The maximum absolute atomic E-state index is 11.9. The molecule has 0 radical (unpaired) electrons. The molecular formula is C14H21NO3S. The Morgan fingerprint density at radius 1 is 1.42 bits per heavy atom. The van der Waals surface area contributed by atoms with Crippen molar-refractivity contribution in [3.8, 4) is 0 Å². The summed E-state index contributed by atoms with van der Waals surface area (Å²) in [7, 11) is 1.64. The molecule has 0 fully saturated rings. The van der Waals surface area contributed by atoms with Gasteiger partial charge in [-0.1, -0.05) is 30.3 Å². The van der Waals surface area contributed by atoms with E-state index in [4.69, 9.17) is 4.74 Å². The van der Waals surface area contributed by atoms with Crippen LogP contribution in [0.2, 0.25) is 0 Å². The van der Waals surface area contributed by atoms with Gasteiger partial charge in [-0.3, -0.25) is 4.79 Å². The molecule has 1 unspecified atom stereocenters. The zero-order valence-corrected chi connectivity index (χ0v) is 12.2. The summed E-state index contributed by atoms with van der Waals surface area (Å²) < 4.78 is 4.92. The van der Waals surface area contributed by atoms with Crippen LogP contribution in [0.4, 0.5) is 0 Å². The maximum Gasteiger partial charge on any atom is 0.230 e. The van der Waals surface area contributed by atoms with Crippen molar-refractivity contribution >= 4 is 17.7 Å². The second-order valence-corrected chi connectivity index (χ2v) is 5.55. The van der Waals surface area contributed by atoms with Gasteiger partial charge in [0.1, 0.15) is 0 Å². The van der Waals surface area contributed by atoms with Gasteiger partial charge in [0.2, 0.25) is 5.91 Å². The summed E-state index contributed by atoms with van der Waals surface area (Å²) in [4.78, 5) is 11.9. The van der Waals surface area contributed by atoms with E-state index >= 15 is 0 Å². The van der Waals surface area contributed by atoms with Crippen molar-refractivity contribution in [3.05, 3.63) is 35.9 Å². The molecule has 0 saturated heterocycles. The molecule has 1 atom stereocenters. The van der Waals surface area contributed by atoms with Gasteiger partial charge in [0.15, 0.2) is 0 Å². The van der Waals surface area contributed by atoms with E-state index in [2.05, 4.69) is 5.32 Å². The molecule has 0 saturated carbocycles. The zero-order chi connectivity index (χ0) is 14.1. The fraction of sp³-hybridized carbons (Fsp3) is 0.500. The Morgan fingerprint density at radius 2 is 2.11 bits per heavy atom. The minimum atomic E-state index is -0.736. The Balaban J connectivity index is 2.54. The molecule has 0 aliphatic heterocycles. The second-order valence-electron chi connectivity index (χ2n) is 4.45. The van der Waals surface area contributed by atoms with Crippen LogP contribution in [0.5, 0.6) is 0 Å². The average Bonchev–Trinajstić information content (AvgIpc) is 2.44. The standard InChI is InChI=1S/C14H21NO3S/c1-14(11-16,12-6-4-3-5-7-12)15-13(17)10-19-9-8-18-2/h3-7,16H,8-11H2,1-2H3,(H,15,17). The van der Waals surface area contributed by atoms with Gasteiger partial charge in [-0.05, 0) is 12.5 Å². The van der Waals surface area contributed by atoms with E-state index in [0.29, 0.717) is 12.4 Å². The van der Waals surface area contributed by atoms with Gasteiger partial charge in [0, 0.05) is 12.9 Å². The quantitative estimate of drug-likeness (QED) is 0.708. The van der Waals surface area contributed by atoms with E-state index in [0.717, 1.165) is 11.3 Å². The Kier molecular flexibility index (Phi) is 6.91. The van der Waals surface area contributed by atoms with Gasteiger partial charge >= 0.3 is 0 Å². The number of nitrogens with one attached hydrogen (secondary N) is 1. The fourth-order valence-electron chi connectivity index (χ4n) is 1.66. The summed E-state index contributed by atoms with van der Waals surface area (Å²) in [6.07, 6.45) is 0. The number of ether oxygens (including phenoxy) is 1. The molecule has 0 aliphatic rings. The number of aliphatic hydroxyl groups is 1. The number of methoxy groups -OCH3 is 1. The number of thioether (sulfide) groups is 1. The van der Waals surface area contributed by atoms with Crippen molar-refractivity contribution < 1.29 is 14.6 Å². The number of benzene rings is 1. The van der Waals surface area contributed by atoms with Crippen LogP contribution in [0.1, 0.15) is 12.5 Å². The molecule has 0 heterocycles. The molecule has 4 nitrogen and oxygen atoms in total. The molecule has 5 heteroatoms. The summed E-state index contributed by atoms with van der Waals surface area (Å²) in [6, 6.07) is 9.48. The first kappa shape index (κ1) is 16.0. The summed E-state index contributed by atoms with van der Waals surface area (Å²) in [5.74, 6) is 1.07. The molecule has 0 aliphatic carbocycles. The SMILES string of the molecule is COCCSCC(=O)NC(C)(CO)c1ccccc1. The Bertz CT molecular complexity index is 386. The number of aliphatic hydroxyl groups excluding tert-OH is 1. The normalized spacial score (nSPS) is 13.8. The van der Waals surface area contributed by atoms with E-state index in [9.17, 15) is 9.90 Å². The molecule has 19 heavy (non-hydrogen) atoms. The van der Waals surface area contributed by atoms with Gasteiger partial charge in [-0.2, -0.15) is 0 Å². The van der Waals surface area contributed by atoms with Crippen LogP contribution in [-0.2, 0) is 15.1 Å². The summed E-state index contributed by atoms with van der Waals surface area (Å²) in [5.41, 5.74) is 0.160. The number of carbonyl (C=O) groups excluding carboxylic acids is 1. The molecule has 106 valence electrons. The minimum Gasteiger partial charge on any atom is -0.394 e. The maximum atomic E-state index is 11.9. The highest BCUT2D eigenvalue weighted by Gasteiger charge is 2.27. The Hall–Kier alpha value is -1.04. The van der Waals surface area contributed by atoms with E-state index in [1.54, 1.807) is 7.11 Å². The number of carbonyl (C=O) groups is 1. The predicted molar refractivity (Wildman–Crippen MR) is 78.2 cm³/mol. The van der Waals surface area contributed by atoms with Gasteiger partial charge < -0.3 is 15.2 Å². The molecule has 1 aromatic carbocycles. The number of hydrogen-bond donors (Lipinski definition) is 2. The van der Waals surface area contributed by atoms with Crippen LogP contribution in [0.3, 0.4) is 0 Å². The first-order valence-electron chi connectivity index (χ1n) is 6.16. The van der Waals surface area contributed by atoms with Crippen LogP contribution in [-0.4, -0.2) is 42.8 Å². The van der Waals surface area contributed by atoms with Crippen LogP contribution in [0.15, 0.2) is 30.3 Å². The van der Waals surface area contributed by atoms with E-state index in [-0.39, 0.29) is 12.5 Å². The van der Waals surface area contributed by atoms with Crippen molar-refractivity contribution in [2.24, 2.45) is 0 Å². The molecule has 0 bridgehead atoms. The average molecular weight is 283 g/mol. The molecule has 1 rings (SSSR count). The van der Waals surface area contributed by atoms with Crippen LogP contribution in [0.25, 0.3) is 0 Å². The third kappa shape index (κ3) is 5.22. The molecule has 2 N–H and O–H groups in total. The van der Waals surface area contributed by atoms with Crippen molar-refractivity contribution in [3.63, 3.8) is 0 Å². The monoisotopic (exact) mass is 283 g/mol. The predicted octanol–water partition coefficient (Wildman–Crippen LogP) is 1.39. The third-order valence-corrected chi connectivity index (χ3v) is 3.73. The highest BCUT2D eigenvalue weighted by Crippen LogP contribution is 2.19. The molecule has 1 amide bonds. The second kappa shape index (κ2) is 8.19. The summed E-state index contributed by atoms with van der Waals surface area (Å²) in [6.45, 7) is 2.32. The first-order valence-corrected chi connectivity index (χ1v) is 7.32. The van der Waals surface area contributed by atoms with Crippen LogP contribution < -0.4 is 5.32 Å². The van der Waals surface area contributed by atoms with Gasteiger partial charge in [0.25, 0.3) is 0 Å². The first-order chi connectivity index (χ1) is 9.12. The van der Waals surface area contributed by atoms with Crippen molar-refractivity contribution in [1.82, 2.24) is 5.32 Å². The number of rotatable bonds is 8. The summed E-state index contributed by atoms with van der Waals surface area (Å²) >= 11 is 1.51. The lowest BCUT2D eigenvalue weighted by Crippen LogP contribution is -2.47. The van der Waals surface area contributed by atoms with E-state index in [1.165, 1.54) is 11.8 Å². The third-order valence-electron chi connectivity index (χ3n) is 2.81. The lowest BCUT2D eigenvalue weighted by Gasteiger charge is -2.29. The lowest BCUT2D eigenvalue weighted by molar-refractivity contribution is -0.121. The highest BCUT2D eigenvalue weighted by molar-refractivity contribution is 7.99. The van der Waals surface area contributed by atoms with Crippen molar-refractivity contribution in [2.75, 3.05) is 31.8 Å². The lowest BCUT2D eigenvalue weighted by atomic mass is 9.93. The van der Waals surface area contributed by atoms with E-state index in [1.807, 2.05) is 37.3 Å². The van der Waals surface area contributed by atoms with Gasteiger partial charge in [-0.25, -0.2) is 0 Å². The fourth-order valence-corrected chi connectivity index (χ4v) is 2.35. The van der Waals surface area contributed by atoms with Crippen molar-refractivity contribution in [1.29, 1.82) is 0 Å². The van der Waals surface area contributed by atoms with E-state index < -0.39 is 5.54 Å².